The molecule has 1 aromatic carbocycles. The molecule has 120 valence electrons. The Morgan fingerprint density at radius 2 is 1.55 bits per heavy atom. The maximum atomic E-state index is 11.2. The topological polar surface area (TPSA) is 46.5 Å². The first-order chi connectivity index (χ1) is 10.2. The van der Waals surface area contributed by atoms with Crippen molar-refractivity contribution in [3.05, 3.63) is 30.3 Å². The number of para-hydroxylation sites is 1. The van der Waals surface area contributed by atoms with Crippen LogP contribution >= 0.6 is 0 Å². The van der Waals surface area contributed by atoms with Crippen molar-refractivity contribution >= 4 is 35.5 Å². The molecule has 1 unspecified atom stereocenters. The summed E-state index contributed by atoms with van der Waals surface area (Å²) in [7, 11) is 0. The number of rotatable bonds is 12. The molecule has 0 heterocycles. The summed E-state index contributed by atoms with van der Waals surface area (Å²) in [6, 6.07) is 9.18. The summed E-state index contributed by atoms with van der Waals surface area (Å²) in [6.07, 6.45) is 9.54. The second kappa shape index (κ2) is 14.1. The molecule has 0 saturated carbocycles. The Morgan fingerprint density at radius 1 is 1.00 bits per heavy atom. The summed E-state index contributed by atoms with van der Waals surface area (Å²) >= 11 is 0. The van der Waals surface area contributed by atoms with Crippen LogP contribution in [0.4, 0.5) is 0 Å². The zero-order valence-corrected chi connectivity index (χ0v) is 13.1. The van der Waals surface area contributed by atoms with Gasteiger partial charge in [0, 0.05) is 0 Å². The van der Waals surface area contributed by atoms with Crippen LogP contribution in [-0.4, -0.2) is 46.7 Å². The van der Waals surface area contributed by atoms with Crippen LogP contribution in [0.15, 0.2) is 30.3 Å². The van der Waals surface area contributed by atoms with Crippen LogP contribution in [0.1, 0.15) is 64.7 Å². The third-order valence-corrected chi connectivity index (χ3v) is 3.62. The number of carboxylic acids is 1. The van der Waals surface area contributed by atoms with Crippen molar-refractivity contribution in [2.24, 2.45) is 0 Å². The normalized spacial score (nSPS) is 11.5. The van der Waals surface area contributed by atoms with Crippen molar-refractivity contribution in [1.82, 2.24) is 0 Å². The van der Waals surface area contributed by atoms with Crippen molar-refractivity contribution in [2.45, 2.75) is 70.8 Å². The van der Waals surface area contributed by atoms with E-state index in [9.17, 15) is 9.90 Å². The van der Waals surface area contributed by atoms with Gasteiger partial charge in [-0.3, -0.25) is 0 Å². The first-order valence-electron chi connectivity index (χ1n) is 8.18. The Kier molecular flexibility index (Phi) is 13.8. The SMILES string of the molecule is CCCCCCCCCCC(Oc1ccccc1)C(=O)O.[NaH]. The van der Waals surface area contributed by atoms with Gasteiger partial charge in [-0.15, -0.1) is 0 Å². The molecule has 0 aliphatic carbocycles. The summed E-state index contributed by atoms with van der Waals surface area (Å²) in [5.41, 5.74) is 0. The van der Waals surface area contributed by atoms with Gasteiger partial charge in [0.1, 0.15) is 5.75 Å². The predicted molar refractivity (Wildman–Crippen MR) is 92.9 cm³/mol. The molecule has 0 aliphatic heterocycles. The van der Waals surface area contributed by atoms with Crippen molar-refractivity contribution in [3.8, 4) is 5.75 Å². The fourth-order valence-corrected chi connectivity index (χ4v) is 2.36. The van der Waals surface area contributed by atoms with E-state index in [1.807, 2.05) is 18.2 Å². The summed E-state index contributed by atoms with van der Waals surface area (Å²) in [4.78, 5) is 11.2. The molecule has 1 atom stereocenters. The van der Waals surface area contributed by atoms with Crippen molar-refractivity contribution in [3.63, 3.8) is 0 Å². The van der Waals surface area contributed by atoms with Gasteiger partial charge in [-0.2, -0.15) is 0 Å². The Balaban J connectivity index is 0.00000441. The Hall–Kier alpha value is -0.510. The molecule has 0 amide bonds. The van der Waals surface area contributed by atoms with E-state index in [2.05, 4.69) is 6.92 Å². The third-order valence-electron chi connectivity index (χ3n) is 3.62. The quantitative estimate of drug-likeness (QED) is 0.459. The van der Waals surface area contributed by atoms with Crippen LogP contribution in [0.25, 0.3) is 0 Å². The molecule has 3 nitrogen and oxygen atoms in total. The molecule has 0 radical (unpaired) electrons. The van der Waals surface area contributed by atoms with Gasteiger partial charge in [-0.25, -0.2) is 4.79 Å². The standard InChI is InChI=1S/C18H28O3.Na.H/c1-2-3-4-5-6-7-8-12-15-17(18(19)20)21-16-13-10-9-11-14-16;;/h9-11,13-14,17H,2-8,12,15H2,1H3,(H,19,20);;. The summed E-state index contributed by atoms with van der Waals surface area (Å²) in [5, 5.41) is 9.21. The minimum atomic E-state index is -0.873. The Bertz CT molecular complexity index is 381. The monoisotopic (exact) mass is 316 g/mol. The first kappa shape index (κ1) is 21.5. The number of carbonyl (C=O) groups is 1. The van der Waals surface area contributed by atoms with E-state index < -0.39 is 12.1 Å². The number of hydrogen-bond donors (Lipinski definition) is 1. The Morgan fingerprint density at radius 3 is 2.09 bits per heavy atom. The summed E-state index contributed by atoms with van der Waals surface area (Å²) in [5.74, 6) is -0.244. The van der Waals surface area contributed by atoms with E-state index in [4.69, 9.17) is 4.74 Å². The van der Waals surface area contributed by atoms with Gasteiger partial charge >= 0.3 is 35.5 Å². The van der Waals surface area contributed by atoms with E-state index in [0.29, 0.717) is 12.2 Å². The maximum absolute atomic E-state index is 11.2. The van der Waals surface area contributed by atoms with Gasteiger partial charge in [-0.05, 0) is 25.0 Å². The van der Waals surface area contributed by atoms with Gasteiger partial charge in [-0.1, -0.05) is 70.1 Å². The van der Waals surface area contributed by atoms with Crippen LogP contribution in [0.3, 0.4) is 0 Å². The van der Waals surface area contributed by atoms with Gasteiger partial charge in [0.25, 0.3) is 0 Å². The molecular formula is C18H29NaO3. The van der Waals surface area contributed by atoms with Gasteiger partial charge in [0.15, 0.2) is 6.10 Å². The van der Waals surface area contributed by atoms with Gasteiger partial charge < -0.3 is 9.84 Å². The zero-order chi connectivity index (χ0) is 15.3. The number of hydrogen-bond acceptors (Lipinski definition) is 2. The number of unbranched alkanes of at least 4 members (excludes halogenated alkanes) is 7. The second-order valence-electron chi connectivity index (χ2n) is 5.52. The van der Waals surface area contributed by atoms with E-state index >= 15 is 0 Å². The van der Waals surface area contributed by atoms with E-state index in [1.165, 1.54) is 38.5 Å². The van der Waals surface area contributed by atoms with Gasteiger partial charge in [0.05, 0.1) is 0 Å². The average Bonchev–Trinajstić information content (AvgIpc) is 2.49. The molecule has 4 heteroatoms. The molecule has 1 N–H and O–H groups in total. The van der Waals surface area contributed by atoms with Crippen LogP contribution in [0.2, 0.25) is 0 Å². The molecule has 0 spiro atoms. The molecule has 0 bridgehead atoms. The van der Waals surface area contributed by atoms with E-state index in [-0.39, 0.29) is 29.6 Å². The molecule has 0 aliphatic rings. The van der Waals surface area contributed by atoms with Crippen LogP contribution in [-0.2, 0) is 4.79 Å². The molecule has 22 heavy (non-hydrogen) atoms. The van der Waals surface area contributed by atoms with Gasteiger partial charge in [0.2, 0.25) is 0 Å². The van der Waals surface area contributed by atoms with E-state index in [0.717, 1.165) is 12.8 Å². The van der Waals surface area contributed by atoms with Crippen molar-refractivity contribution in [1.29, 1.82) is 0 Å². The van der Waals surface area contributed by atoms with Crippen LogP contribution in [0.5, 0.6) is 5.75 Å². The van der Waals surface area contributed by atoms with E-state index in [1.54, 1.807) is 12.1 Å². The summed E-state index contributed by atoms with van der Waals surface area (Å²) < 4.78 is 5.54. The fourth-order valence-electron chi connectivity index (χ4n) is 2.36. The first-order valence-corrected chi connectivity index (χ1v) is 8.18. The zero-order valence-electron chi connectivity index (χ0n) is 13.1. The third kappa shape index (κ3) is 10.3. The number of aliphatic carboxylic acids is 1. The molecule has 1 aromatic rings. The number of benzene rings is 1. The number of ether oxygens (including phenoxy) is 1. The molecule has 0 saturated heterocycles. The summed E-state index contributed by atoms with van der Waals surface area (Å²) in [6.45, 7) is 2.22. The predicted octanol–water partition coefficient (Wildman–Crippen LogP) is 4.40. The van der Waals surface area contributed by atoms with Crippen LogP contribution < -0.4 is 4.74 Å². The number of carboxylic acid groups (broad SMARTS) is 1. The van der Waals surface area contributed by atoms with Crippen LogP contribution in [0, 0.1) is 0 Å². The van der Waals surface area contributed by atoms with Crippen molar-refractivity contribution < 1.29 is 14.6 Å². The second-order valence-corrected chi connectivity index (χ2v) is 5.52. The molecule has 0 fully saturated rings. The fraction of sp³-hybridized carbons (Fsp3) is 0.611. The van der Waals surface area contributed by atoms with Crippen molar-refractivity contribution in [2.75, 3.05) is 0 Å². The molecule has 1 rings (SSSR count). The minimum absolute atomic E-state index is 0. The molecule has 0 aromatic heterocycles. The average molecular weight is 316 g/mol. The Labute approximate surface area is 156 Å². The molecular weight excluding hydrogens is 287 g/mol.